The van der Waals surface area contributed by atoms with Crippen LogP contribution >= 0.6 is 15.9 Å². The zero-order valence-electron chi connectivity index (χ0n) is 8.44. The maximum Gasteiger partial charge on any atom is 0.416 e. The lowest BCUT2D eigenvalue weighted by molar-refractivity contribution is -0.137. The van der Waals surface area contributed by atoms with Crippen molar-refractivity contribution in [3.63, 3.8) is 0 Å². The van der Waals surface area contributed by atoms with E-state index in [-0.39, 0.29) is 0 Å². The molecule has 0 amide bonds. The van der Waals surface area contributed by atoms with Crippen LogP contribution in [0.2, 0.25) is 0 Å². The van der Waals surface area contributed by atoms with Crippen molar-refractivity contribution in [2.24, 2.45) is 0 Å². The van der Waals surface area contributed by atoms with Crippen molar-refractivity contribution in [3.8, 4) is 0 Å². The van der Waals surface area contributed by atoms with Crippen LogP contribution in [-0.4, -0.2) is 6.54 Å². The van der Waals surface area contributed by atoms with E-state index in [1.807, 2.05) is 0 Å². The topological polar surface area (TPSA) is 12.0 Å². The fraction of sp³-hybridized carbons (Fsp3) is 0.273. The average Bonchev–Trinajstić information content (AvgIpc) is 2.16. The van der Waals surface area contributed by atoms with E-state index < -0.39 is 11.7 Å². The average molecular weight is 294 g/mol. The summed E-state index contributed by atoms with van der Waals surface area (Å²) in [6, 6.07) is 5.10. The molecule has 0 saturated carbocycles. The number of alkyl halides is 3. The molecule has 5 heteroatoms. The minimum Gasteiger partial charge on any atom is -0.308 e. The zero-order valence-corrected chi connectivity index (χ0v) is 10.0. The highest BCUT2D eigenvalue weighted by atomic mass is 79.9. The predicted octanol–water partition coefficient (Wildman–Crippen LogP) is 3.70. The van der Waals surface area contributed by atoms with Crippen LogP contribution in [0.4, 0.5) is 13.2 Å². The van der Waals surface area contributed by atoms with E-state index in [9.17, 15) is 13.2 Å². The van der Waals surface area contributed by atoms with Gasteiger partial charge in [-0.3, -0.25) is 0 Å². The van der Waals surface area contributed by atoms with Gasteiger partial charge in [0.2, 0.25) is 0 Å². The molecule has 0 fully saturated rings. The Morgan fingerprint density at radius 3 is 2.25 bits per heavy atom. The number of nitrogens with one attached hydrogen (secondary N) is 1. The number of hydrogen-bond donors (Lipinski definition) is 1. The predicted molar refractivity (Wildman–Crippen MR) is 61.2 cm³/mol. The van der Waals surface area contributed by atoms with Crippen molar-refractivity contribution < 1.29 is 13.2 Å². The second-order valence-corrected chi connectivity index (χ2v) is 4.44. The van der Waals surface area contributed by atoms with E-state index in [1.54, 1.807) is 0 Å². The first-order valence-electron chi connectivity index (χ1n) is 4.60. The Bertz CT molecular complexity index is 356. The number of halogens is 4. The highest BCUT2D eigenvalue weighted by Crippen LogP contribution is 2.28. The van der Waals surface area contributed by atoms with Crippen LogP contribution in [0, 0.1) is 0 Å². The van der Waals surface area contributed by atoms with E-state index in [0.29, 0.717) is 13.1 Å². The smallest absolute Gasteiger partial charge is 0.308 e. The molecule has 1 nitrogen and oxygen atoms in total. The van der Waals surface area contributed by atoms with E-state index in [1.165, 1.54) is 12.1 Å². The normalized spacial score (nSPS) is 11.5. The molecule has 0 bridgehead atoms. The van der Waals surface area contributed by atoms with E-state index in [0.717, 1.165) is 22.2 Å². The first-order valence-corrected chi connectivity index (χ1v) is 5.39. The molecule has 0 aliphatic carbocycles. The quantitative estimate of drug-likeness (QED) is 0.892. The van der Waals surface area contributed by atoms with Crippen molar-refractivity contribution in [1.29, 1.82) is 0 Å². The van der Waals surface area contributed by atoms with Crippen molar-refractivity contribution in [2.75, 3.05) is 6.54 Å². The maximum atomic E-state index is 12.2. The Balaban J connectivity index is 2.55. The lowest BCUT2D eigenvalue weighted by Gasteiger charge is -2.08. The third kappa shape index (κ3) is 4.37. The summed E-state index contributed by atoms with van der Waals surface area (Å²) in [6.07, 6.45) is -4.27. The van der Waals surface area contributed by atoms with Gasteiger partial charge in [-0.15, -0.1) is 0 Å². The van der Waals surface area contributed by atoms with E-state index >= 15 is 0 Å². The van der Waals surface area contributed by atoms with Gasteiger partial charge in [-0.25, -0.2) is 0 Å². The second kappa shape index (κ2) is 5.50. The van der Waals surface area contributed by atoms with Gasteiger partial charge < -0.3 is 5.32 Å². The number of hydrogen-bond acceptors (Lipinski definition) is 1. The Morgan fingerprint density at radius 2 is 1.81 bits per heavy atom. The summed E-state index contributed by atoms with van der Waals surface area (Å²) < 4.78 is 37.5. The summed E-state index contributed by atoms with van der Waals surface area (Å²) in [5.41, 5.74) is 0.183. The lowest BCUT2D eigenvalue weighted by Crippen LogP contribution is -2.14. The molecular weight excluding hydrogens is 283 g/mol. The fourth-order valence-corrected chi connectivity index (χ4v) is 1.35. The summed E-state index contributed by atoms with van der Waals surface area (Å²) in [6.45, 7) is 4.74. The summed E-state index contributed by atoms with van der Waals surface area (Å²) >= 11 is 3.18. The van der Waals surface area contributed by atoms with Crippen molar-refractivity contribution >= 4 is 15.9 Å². The molecule has 0 aromatic heterocycles. The van der Waals surface area contributed by atoms with Gasteiger partial charge >= 0.3 is 6.18 Å². The van der Waals surface area contributed by atoms with Gasteiger partial charge in [0, 0.05) is 17.6 Å². The third-order valence-corrected chi connectivity index (χ3v) is 2.21. The molecule has 1 N–H and O–H groups in total. The molecule has 88 valence electrons. The molecule has 0 heterocycles. The summed E-state index contributed by atoms with van der Waals surface area (Å²) in [5, 5.41) is 3.03. The third-order valence-electron chi connectivity index (χ3n) is 1.93. The van der Waals surface area contributed by atoms with Crippen molar-refractivity contribution in [3.05, 3.63) is 46.5 Å². The van der Waals surface area contributed by atoms with Gasteiger partial charge in [0.15, 0.2) is 0 Å². The van der Waals surface area contributed by atoms with Crippen LogP contribution in [0.1, 0.15) is 11.1 Å². The molecule has 16 heavy (non-hydrogen) atoms. The zero-order chi connectivity index (χ0) is 12.2. The van der Waals surface area contributed by atoms with Crippen LogP contribution in [0.3, 0.4) is 0 Å². The van der Waals surface area contributed by atoms with E-state index in [2.05, 4.69) is 27.8 Å². The fourth-order valence-electron chi connectivity index (χ4n) is 1.15. The summed E-state index contributed by atoms with van der Waals surface area (Å²) in [7, 11) is 0. The Kier molecular flexibility index (Phi) is 4.56. The Labute approximate surface area is 100 Å². The monoisotopic (exact) mass is 293 g/mol. The van der Waals surface area contributed by atoms with E-state index in [4.69, 9.17) is 0 Å². The molecule has 0 radical (unpaired) electrons. The van der Waals surface area contributed by atoms with Crippen LogP contribution in [0.5, 0.6) is 0 Å². The maximum absolute atomic E-state index is 12.2. The van der Waals surface area contributed by atoms with Crippen LogP contribution in [-0.2, 0) is 12.7 Å². The van der Waals surface area contributed by atoms with Crippen molar-refractivity contribution in [2.45, 2.75) is 12.7 Å². The van der Waals surface area contributed by atoms with Gasteiger partial charge in [0.05, 0.1) is 5.56 Å². The summed E-state index contributed by atoms with van der Waals surface area (Å²) in [5.74, 6) is 0. The molecule has 0 saturated heterocycles. The number of benzene rings is 1. The minimum atomic E-state index is -4.27. The molecule has 0 spiro atoms. The van der Waals surface area contributed by atoms with Crippen molar-refractivity contribution in [1.82, 2.24) is 5.32 Å². The summed E-state index contributed by atoms with van der Waals surface area (Å²) in [4.78, 5) is 0. The second-order valence-electron chi connectivity index (χ2n) is 3.32. The van der Waals surface area contributed by atoms with Crippen LogP contribution in [0.15, 0.2) is 35.3 Å². The largest absolute Gasteiger partial charge is 0.416 e. The highest BCUT2D eigenvalue weighted by molar-refractivity contribution is 9.11. The molecule has 0 aliphatic rings. The standard InChI is InChI=1S/C11H11BrF3N/c1-8(12)6-16-7-9-2-4-10(5-3-9)11(13,14)15/h2-5,16H,1,6-7H2. The molecule has 0 aliphatic heterocycles. The lowest BCUT2D eigenvalue weighted by atomic mass is 10.1. The number of rotatable bonds is 4. The first-order chi connectivity index (χ1) is 7.39. The molecular formula is C11H11BrF3N. The Morgan fingerprint density at radius 1 is 1.25 bits per heavy atom. The highest BCUT2D eigenvalue weighted by Gasteiger charge is 2.29. The van der Waals surface area contributed by atoms with Gasteiger partial charge in [0.1, 0.15) is 0 Å². The first kappa shape index (κ1) is 13.3. The van der Waals surface area contributed by atoms with Gasteiger partial charge in [0.25, 0.3) is 0 Å². The molecule has 1 aromatic rings. The van der Waals surface area contributed by atoms with Gasteiger partial charge in [-0.2, -0.15) is 13.2 Å². The molecule has 0 atom stereocenters. The molecule has 0 unspecified atom stereocenters. The van der Waals surface area contributed by atoms with Gasteiger partial charge in [-0.05, 0) is 17.7 Å². The van der Waals surface area contributed by atoms with Gasteiger partial charge in [-0.1, -0.05) is 34.6 Å². The Hall–Kier alpha value is -0.810. The molecule has 1 rings (SSSR count). The van der Waals surface area contributed by atoms with Crippen LogP contribution < -0.4 is 5.32 Å². The minimum absolute atomic E-state index is 0.517. The van der Waals surface area contributed by atoms with Crippen LogP contribution in [0.25, 0.3) is 0 Å². The SMILES string of the molecule is C=C(Br)CNCc1ccc(C(F)(F)F)cc1. The molecule has 1 aromatic carbocycles.